The minimum atomic E-state index is 0.493. The number of ether oxygens (including phenoxy) is 2. The summed E-state index contributed by atoms with van der Waals surface area (Å²) in [5.41, 5.74) is 2.41. The summed E-state index contributed by atoms with van der Waals surface area (Å²) in [4.78, 5) is 1.15. The third-order valence-electron chi connectivity index (χ3n) is 3.83. The van der Waals surface area contributed by atoms with E-state index in [0.717, 1.165) is 23.5 Å². The fourth-order valence-corrected chi connectivity index (χ4v) is 3.49. The van der Waals surface area contributed by atoms with Crippen molar-refractivity contribution in [3.05, 3.63) is 81.0 Å². The third-order valence-corrected chi connectivity index (χ3v) is 4.96. The second-order valence-electron chi connectivity index (χ2n) is 5.66. The molecule has 0 spiro atoms. The van der Waals surface area contributed by atoms with Crippen molar-refractivity contribution >= 4 is 22.9 Å². The molecule has 0 aliphatic carbocycles. The number of methoxy groups -OCH3 is 1. The molecule has 0 amide bonds. The normalized spacial score (nSPS) is 10.6. The Kier molecular flexibility index (Phi) is 6.34. The van der Waals surface area contributed by atoms with Gasteiger partial charge >= 0.3 is 0 Å². The van der Waals surface area contributed by atoms with Crippen molar-refractivity contribution in [2.24, 2.45) is 0 Å². The highest BCUT2D eigenvalue weighted by molar-refractivity contribution is 7.09. The van der Waals surface area contributed by atoms with Crippen molar-refractivity contribution < 1.29 is 14.8 Å². The molecule has 0 bridgehead atoms. The van der Waals surface area contributed by atoms with E-state index in [-0.39, 0.29) is 0 Å². The predicted molar refractivity (Wildman–Crippen MR) is 102 cm³/mol. The Morgan fingerprint density at radius 1 is 1.00 bits per heavy atom. The number of rotatable bonds is 8. The summed E-state index contributed by atoms with van der Waals surface area (Å²) in [5, 5.41) is 4.86. The van der Waals surface area contributed by atoms with Gasteiger partial charge in [-0.05, 0) is 23.6 Å². The lowest BCUT2D eigenvalue weighted by Gasteiger charge is -2.13. The zero-order chi connectivity index (χ0) is 17.5. The fraction of sp³-hybridized carbons (Fsp3) is 0.200. The van der Waals surface area contributed by atoms with Crippen LogP contribution in [0, 0.1) is 0 Å². The summed E-state index contributed by atoms with van der Waals surface area (Å²) in [5.74, 6) is 1.27. The first-order chi connectivity index (χ1) is 12.3. The van der Waals surface area contributed by atoms with E-state index in [4.69, 9.17) is 21.1 Å². The molecule has 0 atom stereocenters. The highest BCUT2D eigenvalue weighted by Gasteiger charge is 2.13. The van der Waals surface area contributed by atoms with Crippen LogP contribution in [0.5, 0.6) is 11.5 Å². The third kappa shape index (κ3) is 4.98. The van der Waals surface area contributed by atoms with Gasteiger partial charge in [-0.1, -0.05) is 48.0 Å². The second kappa shape index (κ2) is 8.90. The van der Waals surface area contributed by atoms with Gasteiger partial charge < -0.3 is 14.8 Å². The van der Waals surface area contributed by atoms with Crippen LogP contribution in [-0.4, -0.2) is 7.11 Å². The van der Waals surface area contributed by atoms with Crippen LogP contribution in [0.3, 0.4) is 0 Å². The first kappa shape index (κ1) is 17.8. The van der Waals surface area contributed by atoms with Crippen LogP contribution < -0.4 is 14.8 Å². The zero-order valence-electron chi connectivity index (χ0n) is 14.1. The summed E-state index contributed by atoms with van der Waals surface area (Å²) in [7, 11) is 1.64. The van der Waals surface area contributed by atoms with Gasteiger partial charge in [-0.25, -0.2) is 0 Å². The van der Waals surface area contributed by atoms with E-state index in [1.54, 1.807) is 18.4 Å². The molecule has 0 radical (unpaired) electrons. The van der Waals surface area contributed by atoms with Gasteiger partial charge in [0, 0.05) is 16.0 Å². The SMILES string of the molecule is COc1cc(C[NH2+]Cc2ccccc2)cc(Cl)c1OCc1cccs1. The topological polar surface area (TPSA) is 35.1 Å². The lowest BCUT2D eigenvalue weighted by Crippen LogP contribution is -2.80. The van der Waals surface area contributed by atoms with Crippen LogP contribution in [0.25, 0.3) is 0 Å². The standard InChI is InChI=1S/C20H20ClNO2S/c1-23-19-11-16(13-22-12-15-6-3-2-4-7-15)10-18(21)20(19)24-14-17-8-5-9-25-17/h2-11,22H,12-14H2,1H3/p+1. The van der Waals surface area contributed by atoms with Crippen LogP contribution in [0.1, 0.15) is 16.0 Å². The van der Waals surface area contributed by atoms with E-state index >= 15 is 0 Å². The van der Waals surface area contributed by atoms with E-state index < -0.39 is 0 Å². The number of hydrogen-bond donors (Lipinski definition) is 1. The van der Waals surface area contributed by atoms with Gasteiger partial charge in [0.15, 0.2) is 11.5 Å². The van der Waals surface area contributed by atoms with Crippen LogP contribution in [0.4, 0.5) is 0 Å². The Bertz CT molecular complexity index is 791. The van der Waals surface area contributed by atoms with Crippen molar-refractivity contribution in [1.29, 1.82) is 0 Å². The van der Waals surface area contributed by atoms with Crippen LogP contribution in [0.2, 0.25) is 5.02 Å². The Morgan fingerprint density at radius 2 is 1.80 bits per heavy atom. The summed E-state index contributed by atoms with van der Waals surface area (Å²) >= 11 is 8.09. The minimum absolute atomic E-state index is 0.493. The highest BCUT2D eigenvalue weighted by Crippen LogP contribution is 2.37. The van der Waals surface area contributed by atoms with Crippen molar-refractivity contribution in [2.75, 3.05) is 7.11 Å². The zero-order valence-corrected chi connectivity index (χ0v) is 15.6. The number of nitrogens with two attached hydrogens (primary N) is 1. The first-order valence-electron chi connectivity index (χ1n) is 8.13. The van der Waals surface area contributed by atoms with Gasteiger partial charge in [0.25, 0.3) is 0 Å². The van der Waals surface area contributed by atoms with Gasteiger partial charge in [0.05, 0.1) is 12.1 Å². The molecule has 0 aliphatic heterocycles. The quantitative estimate of drug-likeness (QED) is 0.639. The summed E-state index contributed by atoms with van der Waals surface area (Å²) in [6, 6.07) is 18.4. The second-order valence-corrected chi connectivity index (χ2v) is 7.10. The number of quaternary nitrogens is 1. The molecule has 0 fully saturated rings. The molecule has 2 aromatic carbocycles. The predicted octanol–water partition coefficient (Wildman–Crippen LogP) is 4.25. The molecule has 3 aromatic rings. The van der Waals surface area contributed by atoms with Gasteiger partial charge in [-0.3, -0.25) is 0 Å². The van der Waals surface area contributed by atoms with E-state index in [0.29, 0.717) is 23.1 Å². The Morgan fingerprint density at radius 3 is 2.52 bits per heavy atom. The van der Waals surface area contributed by atoms with Crippen molar-refractivity contribution in [1.82, 2.24) is 0 Å². The molecular weight excluding hydrogens is 354 g/mol. The first-order valence-corrected chi connectivity index (χ1v) is 9.39. The molecule has 0 unspecified atom stereocenters. The molecular formula is C20H21ClNO2S+. The van der Waals surface area contributed by atoms with E-state index in [9.17, 15) is 0 Å². The molecule has 5 heteroatoms. The van der Waals surface area contributed by atoms with Crippen LogP contribution >= 0.6 is 22.9 Å². The van der Waals surface area contributed by atoms with Crippen molar-refractivity contribution in [3.63, 3.8) is 0 Å². The summed E-state index contributed by atoms with van der Waals surface area (Å²) in [6.45, 7) is 2.25. The Balaban J connectivity index is 1.64. The molecule has 0 aliphatic rings. The van der Waals surface area contributed by atoms with Crippen molar-refractivity contribution in [2.45, 2.75) is 19.7 Å². The Hall–Kier alpha value is -2.01. The highest BCUT2D eigenvalue weighted by atomic mass is 35.5. The van der Waals surface area contributed by atoms with Gasteiger partial charge in [0.1, 0.15) is 19.7 Å². The number of benzene rings is 2. The summed E-state index contributed by atoms with van der Waals surface area (Å²) < 4.78 is 11.4. The molecule has 0 saturated carbocycles. The average molecular weight is 375 g/mol. The lowest BCUT2D eigenvalue weighted by atomic mass is 10.2. The van der Waals surface area contributed by atoms with Gasteiger partial charge in [0.2, 0.25) is 0 Å². The largest absolute Gasteiger partial charge is 0.493 e. The van der Waals surface area contributed by atoms with E-state index in [2.05, 4.69) is 29.6 Å². The molecule has 1 aromatic heterocycles. The maximum atomic E-state index is 6.43. The molecule has 25 heavy (non-hydrogen) atoms. The Labute approximate surface area is 157 Å². The molecule has 3 rings (SSSR count). The number of halogens is 1. The van der Waals surface area contributed by atoms with Crippen LogP contribution in [-0.2, 0) is 19.7 Å². The van der Waals surface area contributed by atoms with Crippen molar-refractivity contribution in [3.8, 4) is 11.5 Å². The molecule has 1 heterocycles. The molecule has 2 N–H and O–H groups in total. The van der Waals surface area contributed by atoms with Crippen LogP contribution in [0.15, 0.2) is 60.0 Å². The van der Waals surface area contributed by atoms with Gasteiger partial charge in [-0.2, -0.15) is 0 Å². The monoisotopic (exact) mass is 374 g/mol. The fourth-order valence-electron chi connectivity index (χ4n) is 2.59. The van der Waals surface area contributed by atoms with Gasteiger partial charge in [-0.15, -0.1) is 11.3 Å². The maximum Gasteiger partial charge on any atom is 0.180 e. The molecule has 130 valence electrons. The van der Waals surface area contributed by atoms with E-state index in [1.165, 1.54) is 5.56 Å². The summed E-state index contributed by atoms with van der Waals surface area (Å²) in [6.07, 6.45) is 0. The molecule has 0 saturated heterocycles. The average Bonchev–Trinajstić information content (AvgIpc) is 3.15. The number of hydrogen-bond acceptors (Lipinski definition) is 3. The molecule has 3 nitrogen and oxygen atoms in total. The number of thiophene rings is 1. The van der Waals surface area contributed by atoms with E-state index in [1.807, 2.05) is 35.7 Å². The smallest absolute Gasteiger partial charge is 0.180 e. The minimum Gasteiger partial charge on any atom is -0.493 e. The maximum absolute atomic E-state index is 6.43. The lowest BCUT2D eigenvalue weighted by molar-refractivity contribution is -0.686.